The normalized spacial score (nSPS) is 20.5. The molecule has 0 radical (unpaired) electrons. The van der Waals surface area contributed by atoms with Crippen LogP contribution in [-0.2, 0) is 11.2 Å². The molecule has 16 heavy (non-hydrogen) atoms. The molecular weight excluding hydrogens is 200 g/mol. The van der Waals surface area contributed by atoms with Crippen molar-refractivity contribution in [2.45, 2.75) is 32.2 Å². The van der Waals surface area contributed by atoms with Crippen molar-refractivity contribution in [2.75, 3.05) is 11.4 Å². The van der Waals surface area contributed by atoms with E-state index >= 15 is 0 Å². The van der Waals surface area contributed by atoms with Gasteiger partial charge in [-0.05, 0) is 24.1 Å². The standard InChI is InChI=1S/C13H18N2O/c1-2-3-10-4-6-12(7-5-10)15-9-11(14)8-13(15)16/h4-7,11H,2-3,8-9,14H2,1H3. The Bertz CT molecular complexity index is 372. The van der Waals surface area contributed by atoms with Gasteiger partial charge in [-0.1, -0.05) is 25.5 Å². The van der Waals surface area contributed by atoms with Crippen molar-refractivity contribution in [1.82, 2.24) is 0 Å². The highest BCUT2D eigenvalue weighted by molar-refractivity contribution is 5.96. The number of benzene rings is 1. The van der Waals surface area contributed by atoms with Crippen LogP contribution >= 0.6 is 0 Å². The molecular formula is C13H18N2O. The first-order valence-electron chi connectivity index (χ1n) is 5.85. The molecule has 1 atom stereocenters. The lowest BCUT2D eigenvalue weighted by atomic mass is 10.1. The van der Waals surface area contributed by atoms with Crippen LogP contribution in [0, 0.1) is 0 Å². The Labute approximate surface area is 96.2 Å². The number of anilines is 1. The Morgan fingerprint density at radius 2 is 2.06 bits per heavy atom. The highest BCUT2D eigenvalue weighted by Gasteiger charge is 2.27. The van der Waals surface area contributed by atoms with Gasteiger partial charge in [0.2, 0.25) is 5.91 Å². The molecule has 1 saturated heterocycles. The maximum atomic E-state index is 11.6. The summed E-state index contributed by atoms with van der Waals surface area (Å²) in [6, 6.07) is 8.20. The van der Waals surface area contributed by atoms with E-state index in [1.54, 1.807) is 4.90 Å². The van der Waals surface area contributed by atoms with Crippen molar-refractivity contribution < 1.29 is 4.79 Å². The third-order valence-electron chi connectivity index (χ3n) is 2.94. The maximum absolute atomic E-state index is 11.6. The molecule has 2 rings (SSSR count). The van der Waals surface area contributed by atoms with Crippen LogP contribution in [0.1, 0.15) is 25.3 Å². The van der Waals surface area contributed by atoms with E-state index in [2.05, 4.69) is 19.1 Å². The maximum Gasteiger partial charge on any atom is 0.228 e. The topological polar surface area (TPSA) is 46.3 Å². The zero-order chi connectivity index (χ0) is 11.5. The van der Waals surface area contributed by atoms with Gasteiger partial charge in [0.15, 0.2) is 0 Å². The smallest absolute Gasteiger partial charge is 0.228 e. The molecule has 3 heteroatoms. The molecule has 86 valence electrons. The summed E-state index contributed by atoms with van der Waals surface area (Å²) in [5.74, 6) is 0.135. The Hall–Kier alpha value is -1.35. The number of nitrogens with zero attached hydrogens (tertiary/aromatic N) is 1. The number of carbonyl (C=O) groups is 1. The van der Waals surface area contributed by atoms with Gasteiger partial charge in [0, 0.05) is 24.7 Å². The second kappa shape index (κ2) is 4.66. The Kier molecular flexibility index (Phi) is 3.25. The van der Waals surface area contributed by atoms with Crippen LogP contribution in [0.25, 0.3) is 0 Å². The van der Waals surface area contributed by atoms with Crippen LogP contribution in [-0.4, -0.2) is 18.5 Å². The molecule has 1 aliphatic rings. The molecule has 1 unspecified atom stereocenters. The monoisotopic (exact) mass is 218 g/mol. The fraction of sp³-hybridized carbons (Fsp3) is 0.462. The van der Waals surface area contributed by atoms with E-state index in [9.17, 15) is 4.79 Å². The number of hydrogen-bond donors (Lipinski definition) is 1. The molecule has 1 amide bonds. The van der Waals surface area contributed by atoms with Gasteiger partial charge in [0.05, 0.1) is 0 Å². The first-order valence-corrected chi connectivity index (χ1v) is 5.85. The number of nitrogens with two attached hydrogens (primary N) is 1. The predicted molar refractivity (Wildman–Crippen MR) is 65.4 cm³/mol. The molecule has 1 aromatic carbocycles. The molecule has 0 saturated carbocycles. The summed E-state index contributed by atoms with van der Waals surface area (Å²) in [5.41, 5.74) is 8.06. The van der Waals surface area contributed by atoms with Crippen molar-refractivity contribution in [2.24, 2.45) is 5.73 Å². The van der Waals surface area contributed by atoms with Crippen molar-refractivity contribution in [3.8, 4) is 0 Å². The number of amides is 1. The molecule has 2 N–H and O–H groups in total. The predicted octanol–water partition coefficient (Wildman–Crippen LogP) is 1.70. The third kappa shape index (κ3) is 2.25. The van der Waals surface area contributed by atoms with Gasteiger partial charge in [-0.15, -0.1) is 0 Å². The molecule has 1 heterocycles. The molecule has 3 nitrogen and oxygen atoms in total. The fourth-order valence-corrected chi connectivity index (χ4v) is 2.12. The minimum absolute atomic E-state index is 0.0113. The van der Waals surface area contributed by atoms with Gasteiger partial charge in [0.1, 0.15) is 0 Å². The van der Waals surface area contributed by atoms with Gasteiger partial charge < -0.3 is 10.6 Å². The summed E-state index contributed by atoms with van der Waals surface area (Å²) < 4.78 is 0. The van der Waals surface area contributed by atoms with Crippen molar-refractivity contribution in [1.29, 1.82) is 0 Å². The summed E-state index contributed by atoms with van der Waals surface area (Å²) in [5, 5.41) is 0. The average molecular weight is 218 g/mol. The molecule has 1 aromatic rings. The number of rotatable bonds is 3. The van der Waals surface area contributed by atoms with E-state index < -0.39 is 0 Å². The van der Waals surface area contributed by atoms with E-state index in [0.717, 1.165) is 18.5 Å². The van der Waals surface area contributed by atoms with E-state index in [1.807, 2.05) is 12.1 Å². The number of carbonyl (C=O) groups excluding carboxylic acids is 1. The van der Waals surface area contributed by atoms with Gasteiger partial charge in [-0.3, -0.25) is 4.79 Å². The Morgan fingerprint density at radius 3 is 2.56 bits per heavy atom. The molecule has 1 aliphatic heterocycles. The van der Waals surface area contributed by atoms with Crippen LogP contribution in [0.5, 0.6) is 0 Å². The van der Waals surface area contributed by atoms with Crippen molar-refractivity contribution >= 4 is 11.6 Å². The third-order valence-corrected chi connectivity index (χ3v) is 2.94. The number of aryl methyl sites for hydroxylation is 1. The minimum atomic E-state index is -0.0113. The summed E-state index contributed by atoms with van der Waals surface area (Å²) in [6.07, 6.45) is 2.71. The van der Waals surface area contributed by atoms with E-state index in [4.69, 9.17) is 5.73 Å². The SMILES string of the molecule is CCCc1ccc(N2CC(N)CC2=O)cc1. The summed E-state index contributed by atoms with van der Waals surface area (Å²) in [4.78, 5) is 13.4. The van der Waals surface area contributed by atoms with Crippen LogP contribution < -0.4 is 10.6 Å². The van der Waals surface area contributed by atoms with Gasteiger partial charge in [0.25, 0.3) is 0 Å². The number of hydrogen-bond acceptors (Lipinski definition) is 2. The fourth-order valence-electron chi connectivity index (χ4n) is 2.12. The van der Waals surface area contributed by atoms with E-state index in [0.29, 0.717) is 13.0 Å². The molecule has 0 spiro atoms. The zero-order valence-corrected chi connectivity index (χ0v) is 9.65. The molecule has 0 aliphatic carbocycles. The van der Waals surface area contributed by atoms with Crippen molar-refractivity contribution in [3.63, 3.8) is 0 Å². The summed E-state index contributed by atoms with van der Waals surface area (Å²) in [7, 11) is 0. The lowest BCUT2D eigenvalue weighted by molar-refractivity contribution is -0.117. The Balaban J connectivity index is 2.12. The summed E-state index contributed by atoms with van der Waals surface area (Å²) >= 11 is 0. The molecule has 0 bridgehead atoms. The van der Waals surface area contributed by atoms with Crippen LogP contribution in [0.15, 0.2) is 24.3 Å². The molecule has 0 aromatic heterocycles. The molecule has 1 fully saturated rings. The average Bonchev–Trinajstić information content (AvgIpc) is 2.59. The van der Waals surface area contributed by atoms with Gasteiger partial charge in [-0.25, -0.2) is 0 Å². The largest absolute Gasteiger partial charge is 0.326 e. The van der Waals surface area contributed by atoms with Crippen molar-refractivity contribution in [3.05, 3.63) is 29.8 Å². The lowest BCUT2D eigenvalue weighted by Crippen LogP contribution is -2.27. The highest BCUT2D eigenvalue weighted by atomic mass is 16.2. The van der Waals surface area contributed by atoms with Crippen LogP contribution in [0.3, 0.4) is 0 Å². The summed E-state index contributed by atoms with van der Waals surface area (Å²) in [6.45, 7) is 2.81. The van der Waals surface area contributed by atoms with Crippen LogP contribution in [0.2, 0.25) is 0 Å². The van der Waals surface area contributed by atoms with E-state index in [1.165, 1.54) is 5.56 Å². The first kappa shape index (κ1) is 11.1. The quantitative estimate of drug-likeness (QED) is 0.839. The second-order valence-corrected chi connectivity index (χ2v) is 4.38. The minimum Gasteiger partial charge on any atom is -0.326 e. The van der Waals surface area contributed by atoms with Crippen LogP contribution in [0.4, 0.5) is 5.69 Å². The van der Waals surface area contributed by atoms with Gasteiger partial charge in [-0.2, -0.15) is 0 Å². The zero-order valence-electron chi connectivity index (χ0n) is 9.65. The second-order valence-electron chi connectivity index (χ2n) is 4.38. The first-order chi connectivity index (χ1) is 7.70. The highest BCUT2D eigenvalue weighted by Crippen LogP contribution is 2.21. The Morgan fingerprint density at radius 1 is 1.38 bits per heavy atom. The van der Waals surface area contributed by atoms with Gasteiger partial charge >= 0.3 is 0 Å². The van der Waals surface area contributed by atoms with E-state index in [-0.39, 0.29) is 11.9 Å². The lowest BCUT2D eigenvalue weighted by Gasteiger charge is -2.16.